The van der Waals surface area contributed by atoms with Crippen LogP contribution in [-0.4, -0.2) is 18.1 Å². The molecule has 6 nitrogen and oxygen atoms in total. The van der Waals surface area contributed by atoms with E-state index < -0.39 is 18.1 Å². The van der Waals surface area contributed by atoms with Crippen molar-refractivity contribution in [3.05, 3.63) is 58.7 Å². The highest BCUT2D eigenvalue weighted by atomic mass is 16.6. The second kappa shape index (κ2) is 7.92. The van der Waals surface area contributed by atoms with Gasteiger partial charge in [0.2, 0.25) is 0 Å². The van der Waals surface area contributed by atoms with Crippen molar-refractivity contribution < 1.29 is 19.1 Å². The average Bonchev–Trinajstić information content (AvgIpc) is 2.96. The molecule has 0 aliphatic carbocycles. The molecule has 1 saturated heterocycles. The Balaban J connectivity index is 1.82. The van der Waals surface area contributed by atoms with E-state index in [0.717, 1.165) is 29.5 Å². The SMILES string of the molecule is CCCc1cc(Oc2ccc(C#N)cc2C)ccc1CC1OC(=O)NC1=O. The highest BCUT2D eigenvalue weighted by molar-refractivity contribution is 6.00. The molecule has 1 heterocycles. The number of carbonyl (C=O) groups is 2. The zero-order chi connectivity index (χ0) is 19.4. The van der Waals surface area contributed by atoms with Gasteiger partial charge in [-0.25, -0.2) is 4.79 Å². The van der Waals surface area contributed by atoms with E-state index in [-0.39, 0.29) is 0 Å². The Hall–Kier alpha value is -3.33. The van der Waals surface area contributed by atoms with Gasteiger partial charge >= 0.3 is 6.09 Å². The summed E-state index contributed by atoms with van der Waals surface area (Å²) in [6, 6.07) is 13.1. The highest BCUT2D eigenvalue weighted by Gasteiger charge is 2.32. The van der Waals surface area contributed by atoms with Crippen molar-refractivity contribution in [1.82, 2.24) is 5.32 Å². The van der Waals surface area contributed by atoms with Crippen molar-refractivity contribution in [3.8, 4) is 17.6 Å². The average molecular weight is 364 g/mol. The number of nitrogens with zero attached hydrogens (tertiary/aromatic N) is 1. The first-order valence-electron chi connectivity index (χ1n) is 8.82. The van der Waals surface area contributed by atoms with Crippen molar-refractivity contribution in [3.63, 3.8) is 0 Å². The number of nitriles is 1. The Kier molecular flexibility index (Phi) is 5.41. The molecule has 27 heavy (non-hydrogen) atoms. The quantitative estimate of drug-likeness (QED) is 0.842. The molecule has 0 saturated carbocycles. The summed E-state index contributed by atoms with van der Waals surface area (Å²) in [7, 11) is 0. The molecule has 2 aromatic rings. The van der Waals surface area contributed by atoms with Gasteiger partial charge in [0.25, 0.3) is 5.91 Å². The van der Waals surface area contributed by atoms with Crippen LogP contribution in [-0.2, 0) is 22.4 Å². The predicted molar refractivity (Wildman–Crippen MR) is 98.5 cm³/mol. The van der Waals surface area contributed by atoms with Crippen molar-refractivity contribution >= 4 is 12.0 Å². The summed E-state index contributed by atoms with van der Waals surface area (Å²) in [5.41, 5.74) is 3.48. The first-order valence-corrected chi connectivity index (χ1v) is 8.82. The lowest BCUT2D eigenvalue weighted by Gasteiger charge is -2.15. The van der Waals surface area contributed by atoms with Gasteiger partial charge < -0.3 is 9.47 Å². The molecule has 1 N–H and O–H groups in total. The van der Waals surface area contributed by atoms with Crippen LogP contribution in [0.2, 0.25) is 0 Å². The van der Waals surface area contributed by atoms with Gasteiger partial charge in [-0.15, -0.1) is 0 Å². The maximum atomic E-state index is 11.8. The summed E-state index contributed by atoms with van der Waals surface area (Å²) in [5, 5.41) is 11.1. The Labute approximate surface area is 157 Å². The van der Waals surface area contributed by atoms with Crippen LogP contribution in [0, 0.1) is 18.3 Å². The second-order valence-electron chi connectivity index (χ2n) is 6.46. The van der Waals surface area contributed by atoms with E-state index in [2.05, 4.69) is 18.3 Å². The number of aryl methyl sites for hydroxylation is 2. The van der Waals surface area contributed by atoms with E-state index in [1.54, 1.807) is 18.2 Å². The van der Waals surface area contributed by atoms with E-state index in [0.29, 0.717) is 23.5 Å². The fourth-order valence-corrected chi connectivity index (χ4v) is 3.05. The third-order valence-electron chi connectivity index (χ3n) is 4.40. The Morgan fingerprint density at radius 1 is 1.19 bits per heavy atom. The van der Waals surface area contributed by atoms with Crippen LogP contribution in [0.4, 0.5) is 4.79 Å². The summed E-state index contributed by atoms with van der Waals surface area (Å²) in [6.07, 6.45) is 0.603. The number of imide groups is 1. The molecule has 0 bridgehead atoms. The van der Waals surface area contributed by atoms with Gasteiger partial charge in [0.05, 0.1) is 11.6 Å². The van der Waals surface area contributed by atoms with Crippen LogP contribution in [0.1, 0.15) is 35.6 Å². The molecule has 2 amide bonds. The Morgan fingerprint density at radius 2 is 2.00 bits per heavy atom. The zero-order valence-electron chi connectivity index (χ0n) is 15.2. The summed E-state index contributed by atoms with van der Waals surface area (Å²) < 4.78 is 11.0. The Morgan fingerprint density at radius 3 is 2.63 bits per heavy atom. The number of alkyl carbamates (subject to hydrolysis) is 1. The zero-order valence-corrected chi connectivity index (χ0v) is 15.2. The summed E-state index contributed by atoms with van der Waals surface area (Å²) in [4.78, 5) is 23.0. The number of benzene rings is 2. The topological polar surface area (TPSA) is 88.4 Å². The van der Waals surface area contributed by atoms with Crippen LogP contribution in [0.3, 0.4) is 0 Å². The summed E-state index contributed by atoms with van der Waals surface area (Å²) >= 11 is 0. The smallest absolute Gasteiger partial charge is 0.414 e. The van der Waals surface area contributed by atoms with Gasteiger partial charge in [0.1, 0.15) is 11.5 Å². The van der Waals surface area contributed by atoms with Crippen LogP contribution < -0.4 is 10.1 Å². The van der Waals surface area contributed by atoms with Crippen molar-refractivity contribution in [1.29, 1.82) is 5.26 Å². The van der Waals surface area contributed by atoms with Gasteiger partial charge in [-0.2, -0.15) is 5.26 Å². The van der Waals surface area contributed by atoms with Gasteiger partial charge in [0.15, 0.2) is 6.10 Å². The number of cyclic esters (lactones) is 1. The summed E-state index contributed by atoms with van der Waals surface area (Å²) in [5.74, 6) is 0.965. The monoisotopic (exact) mass is 364 g/mol. The number of rotatable bonds is 6. The van der Waals surface area contributed by atoms with Gasteiger partial charge in [-0.1, -0.05) is 19.4 Å². The van der Waals surface area contributed by atoms with E-state index in [9.17, 15) is 9.59 Å². The van der Waals surface area contributed by atoms with Gasteiger partial charge in [-0.05, 0) is 60.4 Å². The molecular formula is C21H20N2O4. The number of ether oxygens (including phenoxy) is 2. The molecule has 1 aliphatic rings. The van der Waals surface area contributed by atoms with Crippen LogP contribution in [0.25, 0.3) is 0 Å². The number of amides is 2. The third-order valence-corrected chi connectivity index (χ3v) is 4.40. The number of nitrogens with one attached hydrogen (secondary N) is 1. The molecule has 1 atom stereocenters. The van der Waals surface area contributed by atoms with Crippen molar-refractivity contribution in [2.45, 2.75) is 39.2 Å². The molecule has 138 valence electrons. The maximum absolute atomic E-state index is 11.8. The molecule has 0 radical (unpaired) electrons. The second-order valence-corrected chi connectivity index (χ2v) is 6.46. The number of hydrogen-bond acceptors (Lipinski definition) is 5. The normalized spacial score (nSPS) is 15.8. The van der Waals surface area contributed by atoms with E-state index in [4.69, 9.17) is 14.7 Å². The Bertz CT molecular complexity index is 930. The summed E-state index contributed by atoms with van der Waals surface area (Å²) in [6.45, 7) is 3.97. The molecule has 6 heteroatoms. The number of carbonyl (C=O) groups excluding carboxylic acids is 2. The molecule has 1 aliphatic heterocycles. The largest absolute Gasteiger partial charge is 0.457 e. The van der Waals surface area contributed by atoms with Gasteiger partial charge in [0, 0.05) is 6.42 Å². The van der Waals surface area contributed by atoms with Crippen LogP contribution in [0.15, 0.2) is 36.4 Å². The van der Waals surface area contributed by atoms with Crippen LogP contribution >= 0.6 is 0 Å². The van der Waals surface area contributed by atoms with E-state index >= 15 is 0 Å². The predicted octanol–water partition coefficient (Wildman–Crippen LogP) is 3.79. The fourth-order valence-electron chi connectivity index (χ4n) is 3.05. The standard InChI is InChI=1S/C21H20N2O4/c1-3-4-15-10-17(26-18-8-5-14(12-22)9-13(18)2)7-6-16(15)11-19-20(24)23-21(25)27-19/h5-10,19H,3-4,11H2,1-2H3,(H,23,24,25). The van der Waals surface area contributed by atoms with Gasteiger partial charge in [-0.3, -0.25) is 10.1 Å². The molecule has 0 aromatic heterocycles. The van der Waals surface area contributed by atoms with E-state index in [1.807, 2.05) is 25.1 Å². The van der Waals surface area contributed by atoms with Crippen LogP contribution in [0.5, 0.6) is 11.5 Å². The molecule has 2 aromatic carbocycles. The molecule has 1 fully saturated rings. The minimum atomic E-state index is -0.791. The molecular weight excluding hydrogens is 344 g/mol. The lowest BCUT2D eigenvalue weighted by atomic mass is 9.98. The lowest BCUT2D eigenvalue weighted by Crippen LogP contribution is -2.26. The fraction of sp³-hybridized carbons (Fsp3) is 0.286. The maximum Gasteiger partial charge on any atom is 0.414 e. The van der Waals surface area contributed by atoms with Crippen molar-refractivity contribution in [2.24, 2.45) is 0 Å². The highest BCUT2D eigenvalue weighted by Crippen LogP contribution is 2.29. The first kappa shape index (κ1) is 18.5. The van der Waals surface area contributed by atoms with E-state index in [1.165, 1.54) is 0 Å². The first-order chi connectivity index (χ1) is 13.0. The molecule has 0 spiro atoms. The molecule has 1 unspecified atom stereocenters. The van der Waals surface area contributed by atoms with Crippen molar-refractivity contribution in [2.75, 3.05) is 0 Å². The molecule has 3 rings (SSSR count). The lowest BCUT2D eigenvalue weighted by molar-refractivity contribution is -0.123. The minimum absolute atomic E-state index is 0.336. The minimum Gasteiger partial charge on any atom is -0.457 e. The third kappa shape index (κ3) is 4.26. The number of hydrogen-bond donors (Lipinski definition) is 1.